The minimum Gasteiger partial charge on any atom is -0.508 e. The highest BCUT2D eigenvalue weighted by Gasteiger charge is 2.07. The third-order valence-corrected chi connectivity index (χ3v) is 3.29. The number of phenols is 1. The number of aryl methyl sites for hydroxylation is 2. The number of aromatic hydroxyl groups is 1. The number of fused-ring (bicyclic) bond motifs is 1. The molecule has 2 aromatic carbocycles. The van der Waals surface area contributed by atoms with Crippen LogP contribution in [-0.2, 0) is 6.42 Å². The average Bonchev–Trinajstić information content (AvgIpc) is 2.33. The van der Waals surface area contributed by atoms with E-state index in [0.29, 0.717) is 5.69 Å². The second kappa shape index (κ2) is 4.66. The van der Waals surface area contributed by atoms with Gasteiger partial charge in [0.25, 0.3) is 0 Å². The topological polar surface area (TPSA) is 46.2 Å². The molecule has 0 heterocycles. The van der Waals surface area contributed by atoms with E-state index < -0.39 is 0 Å². The lowest BCUT2D eigenvalue weighted by Gasteiger charge is -2.10. The lowest BCUT2D eigenvalue weighted by molar-refractivity contribution is 0.472. The second-order valence-electron chi connectivity index (χ2n) is 4.59. The molecule has 0 saturated heterocycles. The highest BCUT2D eigenvalue weighted by Crippen LogP contribution is 2.32. The van der Waals surface area contributed by atoms with Gasteiger partial charge in [0, 0.05) is 17.1 Å². The molecule has 3 N–H and O–H groups in total. The molecular formula is C15H19NO. The van der Waals surface area contributed by atoms with Crippen molar-refractivity contribution in [2.45, 2.75) is 33.1 Å². The largest absolute Gasteiger partial charge is 0.508 e. The van der Waals surface area contributed by atoms with Gasteiger partial charge in [0.15, 0.2) is 0 Å². The van der Waals surface area contributed by atoms with Gasteiger partial charge in [-0.1, -0.05) is 25.5 Å². The Bertz CT molecular complexity index is 546. The highest BCUT2D eigenvalue weighted by molar-refractivity contribution is 5.97. The third kappa shape index (κ3) is 2.21. The lowest BCUT2D eigenvalue weighted by atomic mass is 9.98. The van der Waals surface area contributed by atoms with Gasteiger partial charge in [0.1, 0.15) is 5.75 Å². The van der Waals surface area contributed by atoms with Gasteiger partial charge in [0.05, 0.1) is 0 Å². The molecule has 90 valence electrons. The van der Waals surface area contributed by atoms with Crippen LogP contribution in [0.25, 0.3) is 10.8 Å². The van der Waals surface area contributed by atoms with Crippen LogP contribution in [0.1, 0.15) is 30.9 Å². The van der Waals surface area contributed by atoms with Crippen LogP contribution >= 0.6 is 0 Å². The van der Waals surface area contributed by atoms with Gasteiger partial charge in [-0.3, -0.25) is 0 Å². The third-order valence-electron chi connectivity index (χ3n) is 3.29. The summed E-state index contributed by atoms with van der Waals surface area (Å²) in [6, 6.07) is 7.98. The summed E-state index contributed by atoms with van der Waals surface area (Å²) in [6.07, 6.45) is 3.48. The number of unbranched alkanes of at least 4 members (excludes halogenated alkanes) is 1. The van der Waals surface area contributed by atoms with Gasteiger partial charge in [-0.25, -0.2) is 0 Å². The van der Waals surface area contributed by atoms with E-state index in [0.717, 1.165) is 22.8 Å². The zero-order valence-corrected chi connectivity index (χ0v) is 10.5. The number of rotatable bonds is 3. The summed E-state index contributed by atoms with van der Waals surface area (Å²) in [5, 5.41) is 11.8. The van der Waals surface area contributed by atoms with Crippen LogP contribution in [0.5, 0.6) is 5.75 Å². The highest BCUT2D eigenvalue weighted by atomic mass is 16.3. The molecule has 0 aliphatic rings. The Morgan fingerprint density at radius 2 is 1.94 bits per heavy atom. The van der Waals surface area contributed by atoms with Gasteiger partial charge >= 0.3 is 0 Å². The maximum Gasteiger partial charge on any atom is 0.121 e. The van der Waals surface area contributed by atoms with E-state index in [-0.39, 0.29) is 5.75 Å². The fourth-order valence-electron chi connectivity index (χ4n) is 2.16. The quantitative estimate of drug-likeness (QED) is 0.787. The van der Waals surface area contributed by atoms with E-state index in [9.17, 15) is 5.11 Å². The Morgan fingerprint density at radius 3 is 2.65 bits per heavy atom. The van der Waals surface area contributed by atoms with E-state index in [4.69, 9.17) is 5.73 Å². The van der Waals surface area contributed by atoms with Crippen LogP contribution < -0.4 is 5.73 Å². The van der Waals surface area contributed by atoms with Crippen molar-refractivity contribution in [3.63, 3.8) is 0 Å². The van der Waals surface area contributed by atoms with Gasteiger partial charge in [-0.15, -0.1) is 0 Å². The number of hydrogen-bond donors (Lipinski definition) is 2. The molecule has 17 heavy (non-hydrogen) atoms. The van der Waals surface area contributed by atoms with E-state index in [2.05, 4.69) is 25.1 Å². The van der Waals surface area contributed by atoms with Crippen molar-refractivity contribution in [2.24, 2.45) is 0 Å². The summed E-state index contributed by atoms with van der Waals surface area (Å²) in [5.41, 5.74) is 8.83. The number of nitrogen functional groups attached to an aromatic ring is 1. The monoisotopic (exact) mass is 229 g/mol. The molecule has 0 bridgehead atoms. The first-order valence-electron chi connectivity index (χ1n) is 6.14. The van der Waals surface area contributed by atoms with Crippen molar-refractivity contribution in [3.05, 3.63) is 35.4 Å². The summed E-state index contributed by atoms with van der Waals surface area (Å²) >= 11 is 0. The Hall–Kier alpha value is -1.70. The molecule has 0 spiro atoms. The average molecular weight is 229 g/mol. The summed E-state index contributed by atoms with van der Waals surface area (Å²) in [4.78, 5) is 0. The Balaban J connectivity index is 2.54. The van der Waals surface area contributed by atoms with Crippen molar-refractivity contribution < 1.29 is 5.11 Å². The van der Waals surface area contributed by atoms with Gasteiger partial charge in [0.2, 0.25) is 0 Å². The first kappa shape index (κ1) is 11.8. The smallest absolute Gasteiger partial charge is 0.121 e. The second-order valence-corrected chi connectivity index (χ2v) is 4.59. The fraction of sp³-hybridized carbons (Fsp3) is 0.333. The zero-order valence-electron chi connectivity index (χ0n) is 10.5. The number of hydrogen-bond acceptors (Lipinski definition) is 2. The number of anilines is 1. The molecule has 0 aliphatic carbocycles. The minimum absolute atomic E-state index is 0.274. The molecule has 0 saturated carbocycles. The number of phenolic OH excluding ortho intramolecular Hbond substituents is 1. The Morgan fingerprint density at radius 1 is 1.18 bits per heavy atom. The van der Waals surface area contributed by atoms with Crippen LogP contribution in [0.3, 0.4) is 0 Å². The van der Waals surface area contributed by atoms with Crippen molar-refractivity contribution >= 4 is 16.5 Å². The summed E-state index contributed by atoms with van der Waals surface area (Å²) < 4.78 is 0. The van der Waals surface area contributed by atoms with Crippen molar-refractivity contribution in [1.82, 2.24) is 0 Å². The van der Waals surface area contributed by atoms with E-state index >= 15 is 0 Å². The summed E-state index contributed by atoms with van der Waals surface area (Å²) in [6.45, 7) is 4.11. The predicted molar refractivity (Wildman–Crippen MR) is 73.4 cm³/mol. The summed E-state index contributed by atoms with van der Waals surface area (Å²) in [5.74, 6) is 0.274. The van der Waals surface area contributed by atoms with Crippen LogP contribution in [-0.4, -0.2) is 5.11 Å². The SMILES string of the molecule is CCCCc1ccc2c(C)c(O)cc(N)c2c1. The molecule has 2 rings (SSSR count). The molecule has 2 nitrogen and oxygen atoms in total. The van der Waals surface area contributed by atoms with Crippen LogP contribution in [0, 0.1) is 6.92 Å². The minimum atomic E-state index is 0.274. The fourth-order valence-corrected chi connectivity index (χ4v) is 2.16. The van der Waals surface area contributed by atoms with Crippen LogP contribution in [0.15, 0.2) is 24.3 Å². The number of nitrogens with two attached hydrogens (primary N) is 1. The van der Waals surface area contributed by atoms with Crippen molar-refractivity contribution in [3.8, 4) is 5.75 Å². The first-order chi connectivity index (χ1) is 8.13. The Labute approximate surface area is 102 Å². The van der Waals surface area contributed by atoms with Gasteiger partial charge in [-0.05, 0) is 42.3 Å². The molecule has 0 aliphatic heterocycles. The predicted octanol–water partition coefficient (Wildman–Crippen LogP) is 3.78. The van der Waals surface area contributed by atoms with E-state index in [1.165, 1.54) is 18.4 Å². The molecule has 0 radical (unpaired) electrons. The molecule has 0 aromatic heterocycles. The maximum absolute atomic E-state index is 9.73. The van der Waals surface area contributed by atoms with Crippen LogP contribution in [0.4, 0.5) is 5.69 Å². The normalized spacial score (nSPS) is 10.9. The molecule has 2 aromatic rings. The molecule has 0 atom stereocenters. The molecule has 0 amide bonds. The zero-order chi connectivity index (χ0) is 12.4. The van der Waals surface area contributed by atoms with Gasteiger partial charge < -0.3 is 10.8 Å². The number of benzene rings is 2. The molecule has 2 heteroatoms. The lowest BCUT2D eigenvalue weighted by Crippen LogP contribution is -1.92. The standard InChI is InChI=1S/C15H19NO/c1-3-4-5-11-6-7-12-10(2)15(17)9-14(16)13(12)8-11/h6-9,17H,3-5,16H2,1-2H3. The summed E-state index contributed by atoms with van der Waals surface area (Å²) in [7, 11) is 0. The van der Waals surface area contributed by atoms with Crippen molar-refractivity contribution in [1.29, 1.82) is 0 Å². The van der Waals surface area contributed by atoms with E-state index in [1.54, 1.807) is 6.07 Å². The molecular weight excluding hydrogens is 210 g/mol. The molecule has 0 unspecified atom stereocenters. The van der Waals surface area contributed by atoms with E-state index in [1.807, 2.05) is 6.92 Å². The maximum atomic E-state index is 9.73. The van der Waals surface area contributed by atoms with Gasteiger partial charge in [-0.2, -0.15) is 0 Å². The van der Waals surface area contributed by atoms with Crippen LogP contribution in [0.2, 0.25) is 0 Å². The molecule has 0 fully saturated rings. The Kier molecular flexibility index (Phi) is 3.23. The van der Waals surface area contributed by atoms with Crippen molar-refractivity contribution in [2.75, 3.05) is 5.73 Å². The first-order valence-corrected chi connectivity index (χ1v) is 6.14.